The van der Waals surface area contributed by atoms with Gasteiger partial charge in [0.25, 0.3) is 0 Å². The number of aryl methyl sites for hydroxylation is 1. The van der Waals surface area contributed by atoms with Crippen molar-refractivity contribution in [3.05, 3.63) is 48.5 Å². The second-order valence-electron chi connectivity index (χ2n) is 7.14. The van der Waals surface area contributed by atoms with Crippen LogP contribution in [0.1, 0.15) is 24.6 Å². The van der Waals surface area contributed by atoms with E-state index in [1.165, 1.54) is 18.2 Å². The van der Waals surface area contributed by atoms with E-state index in [1.54, 1.807) is 4.57 Å². The molecule has 0 spiro atoms. The van der Waals surface area contributed by atoms with Crippen molar-refractivity contribution in [1.29, 1.82) is 0 Å². The first-order chi connectivity index (χ1) is 14.2. The molecule has 1 aliphatic rings. The first kappa shape index (κ1) is 19.7. The number of fused-ring (bicyclic) bond motifs is 1. The normalized spacial score (nSPS) is 24.2. The van der Waals surface area contributed by atoms with Gasteiger partial charge in [0.05, 0.1) is 12.9 Å². The van der Waals surface area contributed by atoms with Gasteiger partial charge in [-0.15, -0.1) is 0 Å². The Bertz CT molecular complexity index is 935. The minimum atomic E-state index is -1.19. The minimum absolute atomic E-state index is 0.383. The molecule has 1 saturated heterocycles. The third kappa shape index (κ3) is 4.08. The van der Waals surface area contributed by atoms with Crippen LogP contribution in [0.15, 0.2) is 43.0 Å². The van der Waals surface area contributed by atoms with E-state index in [-0.39, 0.29) is 6.61 Å². The Morgan fingerprint density at radius 1 is 1.03 bits per heavy atom. The lowest BCUT2D eigenvalue weighted by molar-refractivity contribution is -0.0511. The quantitative estimate of drug-likeness (QED) is 0.411. The molecule has 1 fully saturated rings. The van der Waals surface area contributed by atoms with Crippen LogP contribution in [0.2, 0.25) is 0 Å². The number of aromatic nitrogens is 4. The number of rotatable bonds is 8. The monoisotopic (exact) mass is 399 g/mol. The van der Waals surface area contributed by atoms with Crippen LogP contribution in [-0.2, 0) is 11.2 Å². The number of benzene rings is 1. The van der Waals surface area contributed by atoms with E-state index >= 15 is 0 Å². The van der Waals surface area contributed by atoms with Gasteiger partial charge in [0.15, 0.2) is 23.2 Å². The zero-order valence-electron chi connectivity index (χ0n) is 15.9. The average molecular weight is 399 g/mol. The summed E-state index contributed by atoms with van der Waals surface area (Å²) in [6.07, 6.45) is 1.91. The van der Waals surface area contributed by atoms with Gasteiger partial charge in [0.2, 0.25) is 0 Å². The van der Waals surface area contributed by atoms with Crippen LogP contribution in [0.5, 0.6) is 0 Å². The molecule has 0 radical (unpaired) electrons. The zero-order valence-corrected chi connectivity index (χ0v) is 15.9. The van der Waals surface area contributed by atoms with Crippen LogP contribution in [0.25, 0.3) is 11.2 Å². The summed E-state index contributed by atoms with van der Waals surface area (Å²) in [5.74, 6) is 0.611. The van der Waals surface area contributed by atoms with Gasteiger partial charge >= 0.3 is 0 Å². The number of ether oxygens (including phenoxy) is 1. The molecular weight excluding hydrogens is 374 g/mol. The highest BCUT2D eigenvalue weighted by Crippen LogP contribution is 2.32. The maximum atomic E-state index is 10.3. The Balaban J connectivity index is 1.40. The molecule has 1 aliphatic heterocycles. The van der Waals surface area contributed by atoms with Crippen molar-refractivity contribution in [3.63, 3.8) is 0 Å². The fourth-order valence-corrected chi connectivity index (χ4v) is 3.58. The second kappa shape index (κ2) is 8.83. The Labute approximate surface area is 168 Å². The second-order valence-corrected chi connectivity index (χ2v) is 7.14. The van der Waals surface area contributed by atoms with Gasteiger partial charge in [0.1, 0.15) is 24.6 Å². The molecular formula is C20H25N5O4. The molecule has 0 bridgehead atoms. The number of aliphatic hydroxyl groups excluding tert-OH is 3. The van der Waals surface area contributed by atoms with E-state index in [4.69, 9.17) is 4.74 Å². The van der Waals surface area contributed by atoms with Crippen molar-refractivity contribution >= 4 is 17.0 Å². The highest BCUT2D eigenvalue weighted by atomic mass is 16.6. The zero-order chi connectivity index (χ0) is 20.2. The van der Waals surface area contributed by atoms with Gasteiger partial charge in [-0.25, -0.2) is 15.0 Å². The topological polar surface area (TPSA) is 126 Å². The lowest BCUT2D eigenvalue weighted by Gasteiger charge is -2.16. The summed E-state index contributed by atoms with van der Waals surface area (Å²) in [7, 11) is 0. The van der Waals surface area contributed by atoms with Crippen molar-refractivity contribution in [2.45, 2.75) is 43.8 Å². The van der Waals surface area contributed by atoms with Crippen LogP contribution in [0, 0.1) is 0 Å². The lowest BCUT2D eigenvalue weighted by atomic mass is 10.1. The predicted molar refractivity (Wildman–Crippen MR) is 106 cm³/mol. The number of aliphatic hydroxyl groups is 3. The molecule has 3 heterocycles. The van der Waals surface area contributed by atoms with Gasteiger partial charge in [-0.05, 0) is 24.8 Å². The minimum Gasteiger partial charge on any atom is -0.394 e. The smallest absolute Gasteiger partial charge is 0.167 e. The van der Waals surface area contributed by atoms with Crippen LogP contribution in [0.3, 0.4) is 0 Å². The third-order valence-corrected chi connectivity index (χ3v) is 5.18. The molecule has 0 saturated carbocycles. The summed E-state index contributed by atoms with van der Waals surface area (Å²) in [5, 5.41) is 32.8. The van der Waals surface area contributed by atoms with Gasteiger partial charge in [-0.3, -0.25) is 4.57 Å². The molecule has 2 aromatic heterocycles. The fourth-order valence-electron chi connectivity index (χ4n) is 3.58. The molecule has 4 atom stereocenters. The third-order valence-electron chi connectivity index (χ3n) is 5.18. The van der Waals surface area contributed by atoms with Crippen LogP contribution in [-0.4, -0.2) is 66.3 Å². The van der Waals surface area contributed by atoms with E-state index in [0.717, 1.165) is 25.8 Å². The highest BCUT2D eigenvalue weighted by Gasteiger charge is 2.44. The fraction of sp³-hybridized carbons (Fsp3) is 0.450. The van der Waals surface area contributed by atoms with Crippen LogP contribution in [0.4, 0.5) is 5.82 Å². The first-order valence-electron chi connectivity index (χ1n) is 9.77. The van der Waals surface area contributed by atoms with Crippen molar-refractivity contribution in [3.8, 4) is 0 Å². The van der Waals surface area contributed by atoms with E-state index in [2.05, 4.69) is 32.4 Å². The number of hydrogen-bond donors (Lipinski definition) is 4. The number of nitrogens with one attached hydrogen (secondary N) is 1. The summed E-state index contributed by atoms with van der Waals surface area (Å²) >= 11 is 0. The van der Waals surface area contributed by atoms with E-state index in [9.17, 15) is 15.3 Å². The number of anilines is 1. The van der Waals surface area contributed by atoms with Gasteiger partial charge < -0.3 is 25.4 Å². The molecule has 4 unspecified atom stereocenters. The summed E-state index contributed by atoms with van der Waals surface area (Å²) < 4.78 is 7.13. The van der Waals surface area contributed by atoms with Crippen molar-refractivity contribution in [2.24, 2.45) is 0 Å². The van der Waals surface area contributed by atoms with E-state index in [0.29, 0.717) is 17.0 Å². The predicted octanol–water partition coefficient (Wildman–Crippen LogP) is 0.873. The Morgan fingerprint density at radius 2 is 1.86 bits per heavy atom. The van der Waals surface area contributed by atoms with Gasteiger partial charge in [-0.2, -0.15) is 0 Å². The van der Waals surface area contributed by atoms with E-state index in [1.807, 2.05) is 18.2 Å². The highest BCUT2D eigenvalue weighted by molar-refractivity contribution is 5.82. The van der Waals surface area contributed by atoms with Crippen LogP contribution < -0.4 is 5.32 Å². The average Bonchev–Trinajstić information content (AvgIpc) is 3.30. The molecule has 9 nitrogen and oxygen atoms in total. The van der Waals surface area contributed by atoms with Crippen LogP contribution >= 0.6 is 0 Å². The SMILES string of the molecule is OCC1OC(n2cnc3c(NCCCCc4ccccc4)ncnc32)C(O)C1O. The summed E-state index contributed by atoms with van der Waals surface area (Å²) in [4.78, 5) is 12.9. The summed E-state index contributed by atoms with van der Waals surface area (Å²) in [6, 6.07) is 10.4. The first-order valence-corrected chi connectivity index (χ1v) is 9.77. The molecule has 1 aromatic carbocycles. The summed E-state index contributed by atoms with van der Waals surface area (Å²) in [6.45, 7) is 0.367. The molecule has 154 valence electrons. The van der Waals surface area contributed by atoms with Gasteiger partial charge in [0, 0.05) is 6.54 Å². The van der Waals surface area contributed by atoms with E-state index < -0.39 is 24.5 Å². The van der Waals surface area contributed by atoms with Gasteiger partial charge in [-0.1, -0.05) is 30.3 Å². The maximum Gasteiger partial charge on any atom is 0.167 e. The number of imidazole rings is 1. The summed E-state index contributed by atoms with van der Waals surface area (Å²) in [5.41, 5.74) is 2.38. The van der Waals surface area contributed by atoms with Crippen molar-refractivity contribution in [2.75, 3.05) is 18.5 Å². The molecule has 0 aliphatic carbocycles. The Morgan fingerprint density at radius 3 is 2.62 bits per heavy atom. The molecule has 0 amide bonds. The molecule has 4 N–H and O–H groups in total. The Hall–Kier alpha value is -2.59. The number of nitrogens with zero attached hydrogens (tertiary/aromatic N) is 4. The standard InChI is InChI=1S/C20H25N5O4/c26-10-14-16(27)17(28)20(29-14)25-12-24-15-18(22-11-23-19(15)25)21-9-5-4-8-13-6-2-1-3-7-13/h1-3,6-7,11-12,14,16-17,20,26-28H,4-5,8-10H2,(H,21,22,23). The molecule has 29 heavy (non-hydrogen) atoms. The number of unbranched alkanes of at least 4 members (excludes halogenated alkanes) is 1. The maximum absolute atomic E-state index is 10.3. The molecule has 3 aromatic rings. The molecule has 9 heteroatoms. The number of hydrogen-bond acceptors (Lipinski definition) is 8. The van der Waals surface area contributed by atoms with Crippen molar-refractivity contribution < 1.29 is 20.1 Å². The lowest BCUT2D eigenvalue weighted by Crippen LogP contribution is -2.33. The Kier molecular flexibility index (Phi) is 6.00. The largest absolute Gasteiger partial charge is 0.394 e. The molecule has 4 rings (SSSR count). The van der Waals surface area contributed by atoms with Crippen molar-refractivity contribution in [1.82, 2.24) is 19.5 Å².